The van der Waals surface area contributed by atoms with Gasteiger partial charge in [-0.15, -0.1) is 0 Å². The van der Waals surface area contributed by atoms with Crippen molar-refractivity contribution < 1.29 is 9.53 Å². The van der Waals surface area contributed by atoms with E-state index in [0.29, 0.717) is 12.3 Å². The minimum atomic E-state index is -0.369. The van der Waals surface area contributed by atoms with Gasteiger partial charge in [0.1, 0.15) is 0 Å². The fraction of sp³-hybridized carbons (Fsp3) is 0.125. The Kier molecular flexibility index (Phi) is 3.75. The second kappa shape index (κ2) is 5.69. The summed E-state index contributed by atoms with van der Waals surface area (Å²) in [6.07, 6.45) is 0. The molecule has 0 bridgehead atoms. The highest BCUT2D eigenvalue weighted by atomic mass is 79.9. The van der Waals surface area contributed by atoms with E-state index in [4.69, 9.17) is 4.74 Å². The van der Waals surface area contributed by atoms with Crippen molar-refractivity contribution in [2.75, 3.05) is 6.61 Å². The Morgan fingerprint density at radius 1 is 1.24 bits per heavy atom. The van der Waals surface area contributed by atoms with Crippen LogP contribution in [0.5, 0.6) is 0 Å². The molecule has 4 nitrogen and oxygen atoms in total. The molecule has 0 N–H and O–H groups in total. The zero-order valence-corrected chi connectivity index (χ0v) is 13.0. The van der Waals surface area contributed by atoms with E-state index in [2.05, 4.69) is 21.0 Å². The summed E-state index contributed by atoms with van der Waals surface area (Å²) in [6.45, 7) is 2.12. The van der Waals surface area contributed by atoms with Gasteiger partial charge in [0.2, 0.25) is 0 Å². The van der Waals surface area contributed by atoms with Crippen LogP contribution in [0.2, 0.25) is 0 Å². The molecule has 0 aliphatic carbocycles. The molecule has 0 saturated heterocycles. The van der Waals surface area contributed by atoms with Crippen molar-refractivity contribution in [2.24, 2.45) is 0 Å². The molecule has 0 unspecified atom stereocenters. The van der Waals surface area contributed by atoms with Crippen molar-refractivity contribution in [2.45, 2.75) is 6.92 Å². The van der Waals surface area contributed by atoms with Crippen LogP contribution in [0.4, 0.5) is 0 Å². The molecule has 3 aromatic rings. The van der Waals surface area contributed by atoms with Crippen LogP contribution in [0.1, 0.15) is 17.4 Å². The first-order valence-corrected chi connectivity index (χ1v) is 7.41. The SMILES string of the molecule is CCOC(=O)c1c2ccccc2nn1-c1cccc(Br)c1. The van der Waals surface area contributed by atoms with E-state index in [1.54, 1.807) is 11.6 Å². The first kappa shape index (κ1) is 13.8. The first-order valence-electron chi connectivity index (χ1n) is 6.61. The Morgan fingerprint density at radius 3 is 2.81 bits per heavy atom. The zero-order valence-electron chi connectivity index (χ0n) is 11.4. The number of fused-ring (bicyclic) bond motifs is 1. The molecule has 0 spiro atoms. The Morgan fingerprint density at radius 2 is 2.05 bits per heavy atom. The molecule has 1 aromatic heterocycles. The molecule has 106 valence electrons. The Balaban J connectivity index is 2.26. The number of hydrogen-bond donors (Lipinski definition) is 0. The average Bonchev–Trinajstić information content (AvgIpc) is 2.87. The van der Waals surface area contributed by atoms with Gasteiger partial charge in [0.05, 0.1) is 17.8 Å². The number of hydrogen-bond acceptors (Lipinski definition) is 3. The Bertz CT molecular complexity index is 811. The number of rotatable bonds is 3. The van der Waals surface area contributed by atoms with Crippen molar-refractivity contribution >= 4 is 32.8 Å². The highest BCUT2D eigenvalue weighted by molar-refractivity contribution is 9.10. The predicted octanol–water partition coefficient (Wildman–Crippen LogP) is 3.96. The lowest BCUT2D eigenvalue weighted by Crippen LogP contribution is -2.12. The van der Waals surface area contributed by atoms with Gasteiger partial charge >= 0.3 is 5.97 Å². The molecular weight excluding hydrogens is 332 g/mol. The molecule has 0 atom stereocenters. The molecule has 0 aliphatic rings. The van der Waals surface area contributed by atoms with E-state index in [9.17, 15) is 4.79 Å². The fourth-order valence-electron chi connectivity index (χ4n) is 2.22. The molecule has 5 heteroatoms. The number of carbonyl (C=O) groups is 1. The Labute approximate surface area is 130 Å². The van der Waals surface area contributed by atoms with Crippen LogP contribution >= 0.6 is 15.9 Å². The summed E-state index contributed by atoms with van der Waals surface area (Å²) in [5.41, 5.74) is 2.02. The fourth-order valence-corrected chi connectivity index (χ4v) is 2.61. The third-order valence-corrected chi connectivity index (χ3v) is 3.59. The van der Waals surface area contributed by atoms with Crippen LogP contribution in [0.25, 0.3) is 16.6 Å². The van der Waals surface area contributed by atoms with Gasteiger partial charge in [-0.3, -0.25) is 0 Å². The zero-order chi connectivity index (χ0) is 14.8. The number of esters is 1. The summed E-state index contributed by atoms with van der Waals surface area (Å²) in [7, 11) is 0. The maximum Gasteiger partial charge on any atom is 0.357 e. The molecule has 1 heterocycles. The van der Waals surface area contributed by atoms with Crippen LogP contribution in [0.15, 0.2) is 53.0 Å². The number of ether oxygens (including phenoxy) is 1. The van der Waals surface area contributed by atoms with Gasteiger partial charge in [0.15, 0.2) is 5.69 Å². The number of benzene rings is 2. The number of halogens is 1. The molecule has 3 rings (SSSR count). The highest BCUT2D eigenvalue weighted by Gasteiger charge is 2.20. The van der Waals surface area contributed by atoms with Gasteiger partial charge in [-0.1, -0.05) is 40.2 Å². The second-order valence-corrected chi connectivity index (χ2v) is 5.39. The summed E-state index contributed by atoms with van der Waals surface area (Å²) in [4.78, 5) is 12.3. The van der Waals surface area contributed by atoms with Crippen LogP contribution in [0, 0.1) is 0 Å². The third kappa shape index (κ3) is 2.56. The third-order valence-electron chi connectivity index (χ3n) is 3.10. The lowest BCUT2D eigenvalue weighted by atomic mass is 10.2. The van der Waals surface area contributed by atoms with Crippen LogP contribution in [-0.2, 0) is 4.74 Å². The average molecular weight is 345 g/mol. The largest absolute Gasteiger partial charge is 0.461 e. The van der Waals surface area contributed by atoms with E-state index < -0.39 is 0 Å². The van der Waals surface area contributed by atoms with Gasteiger partial charge < -0.3 is 4.74 Å². The van der Waals surface area contributed by atoms with E-state index in [1.165, 1.54) is 0 Å². The van der Waals surface area contributed by atoms with E-state index in [-0.39, 0.29) is 5.97 Å². The molecule has 0 amide bonds. The van der Waals surface area contributed by atoms with Crippen LogP contribution in [-0.4, -0.2) is 22.4 Å². The van der Waals surface area contributed by atoms with Gasteiger partial charge in [-0.2, -0.15) is 5.10 Å². The normalized spacial score (nSPS) is 10.8. The van der Waals surface area contributed by atoms with Crippen molar-refractivity contribution in [3.8, 4) is 5.69 Å². The van der Waals surface area contributed by atoms with Gasteiger partial charge in [0, 0.05) is 9.86 Å². The van der Waals surface area contributed by atoms with Crippen molar-refractivity contribution in [1.82, 2.24) is 9.78 Å². The topological polar surface area (TPSA) is 44.1 Å². The van der Waals surface area contributed by atoms with Crippen molar-refractivity contribution in [1.29, 1.82) is 0 Å². The second-order valence-electron chi connectivity index (χ2n) is 4.48. The Hall–Kier alpha value is -2.14. The smallest absolute Gasteiger partial charge is 0.357 e. The van der Waals surface area contributed by atoms with E-state index in [1.807, 2.05) is 48.5 Å². The van der Waals surface area contributed by atoms with Gasteiger partial charge in [-0.05, 0) is 31.2 Å². The molecule has 0 fully saturated rings. The summed E-state index contributed by atoms with van der Waals surface area (Å²) >= 11 is 3.44. The monoisotopic (exact) mass is 344 g/mol. The quantitative estimate of drug-likeness (QED) is 0.675. The van der Waals surface area contributed by atoms with Gasteiger partial charge in [0.25, 0.3) is 0 Å². The molecule has 2 aromatic carbocycles. The van der Waals surface area contributed by atoms with Crippen LogP contribution < -0.4 is 0 Å². The predicted molar refractivity (Wildman–Crippen MR) is 84.7 cm³/mol. The van der Waals surface area contributed by atoms with Crippen molar-refractivity contribution in [3.05, 3.63) is 58.7 Å². The van der Waals surface area contributed by atoms with E-state index >= 15 is 0 Å². The summed E-state index contributed by atoms with van der Waals surface area (Å²) < 4.78 is 7.73. The highest BCUT2D eigenvalue weighted by Crippen LogP contribution is 2.24. The van der Waals surface area contributed by atoms with Crippen LogP contribution in [0.3, 0.4) is 0 Å². The molecular formula is C16H13BrN2O2. The first-order chi connectivity index (χ1) is 10.2. The standard InChI is InChI=1S/C16H13BrN2O2/c1-2-21-16(20)15-13-8-3-4-9-14(13)18-19(15)12-7-5-6-11(17)10-12/h3-10H,2H2,1H3. The number of carbonyl (C=O) groups excluding carboxylic acids is 1. The maximum atomic E-state index is 12.3. The molecule has 0 aliphatic heterocycles. The summed E-state index contributed by atoms with van der Waals surface area (Å²) in [5, 5.41) is 5.31. The summed E-state index contributed by atoms with van der Waals surface area (Å²) in [6, 6.07) is 15.2. The summed E-state index contributed by atoms with van der Waals surface area (Å²) in [5.74, 6) is -0.369. The molecule has 0 saturated carbocycles. The molecule has 21 heavy (non-hydrogen) atoms. The lowest BCUT2D eigenvalue weighted by Gasteiger charge is -2.07. The number of nitrogens with zero attached hydrogens (tertiary/aromatic N) is 2. The maximum absolute atomic E-state index is 12.3. The minimum absolute atomic E-state index is 0.330. The molecule has 0 radical (unpaired) electrons. The van der Waals surface area contributed by atoms with Gasteiger partial charge in [-0.25, -0.2) is 9.48 Å². The lowest BCUT2D eigenvalue weighted by molar-refractivity contribution is 0.0518. The minimum Gasteiger partial charge on any atom is -0.461 e. The van der Waals surface area contributed by atoms with Crippen molar-refractivity contribution in [3.63, 3.8) is 0 Å². The van der Waals surface area contributed by atoms with E-state index in [0.717, 1.165) is 21.1 Å². The number of aromatic nitrogens is 2.